The molecule has 138 valence electrons. The number of aliphatic imine (C=N–C) groups is 1. The maximum atomic E-state index is 6.05. The van der Waals surface area contributed by atoms with Gasteiger partial charge in [0, 0.05) is 36.9 Å². The lowest BCUT2D eigenvalue weighted by molar-refractivity contribution is 0.566. The SMILES string of the molecule is CCNC(=NCc1cccc(Cl)c1)NCC1CCN(c2ccccc2)C1. The van der Waals surface area contributed by atoms with E-state index in [1.165, 1.54) is 12.1 Å². The van der Waals surface area contributed by atoms with Crippen LogP contribution < -0.4 is 15.5 Å². The molecule has 0 saturated carbocycles. The molecule has 2 N–H and O–H groups in total. The summed E-state index contributed by atoms with van der Waals surface area (Å²) in [6.45, 7) is 6.70. The van der Waals surface area contributed by atoms with Crippen LogP contribution in [0.2, 0.25) is 5.02 Å². The average Bonchev–Trinajstić information content (AvgIpc) is 3.14. The van der Waals surface area contributed by atoms with Crippen LogP contribution in [0.4, 0.5) is 5.69 Å². The first kappa shape index (κ1) is 18.6. The highest BCUT2D eigenvalue weighted by molar-refractivity contribution is 6.30. The Morgan fingerprint density at radius 3 is 2.77 bits per heavy atom. The van der Waals surface area contributed by atoms with Crippen LogP contribution in [0.25, 0.3) is 0 Å². The number of hydrogen-bond acceptors (Lipinski definition) is 2. The molecule has 0 amide bonds. The molecule has 0 radical (unpaired) electrons. The Morgan fingerprint density at radius 1 is 1.15 bits per heavy atom. The fraction of sp³-hybridized carbons (Fsp3) is 0.381. The summed E-state index contributed by atoms with van der Waals surface area (Å²) in [5, 5.41) is 7.58. The monoisotopic (exact) mass is 370 g/mol. The molecule has 5 heteroatoms. The molecule has 0 spiro atoms. The Labute approximate surface area is 161 Å². The summed E-state index contributed by atoms with van der Waals surface area (Å²) in [6, 6.07) is 18.5. The van der Waals surface area contributed by atoms with Crippen LogP contribution in [0.3, 0.4) is 0 Å². The third-order valence-electron chi connectivity index (χ3n) is 4.62. The molecule has 2 aromatic rings. The van der Waals surface area contributed by atoms with E-state index in [2.05, 4.69) is 57.8 Å². The first-order valence-electron chi connectivity index (χ1n) is 9.31. The molecule has 1 atom stereocenters. The number of guanidine groups is 1. The third-order valence-corrected chi connectivity index (χ3v) is 4.85. The summed E-state index contributed by atoms with van der Waals surface area (Å²) in [5.74, 6) is 1.50. The standard InChI is InChI=1S/C21H27ClN4/c1-2-23-21(24-14-17-7-6-8-19(22)13-17)25-15-18-11-12-26(16-18)20-9-4-3-5-10-20/h3-10,13,18H,2,11-12,14-16H2,1H3,(H2,23,24,25). The molecular weight excluding hydrogens is 344 g/mol. The van der Waals surface area contributed by atoms with Gasteiger partial charge in [-0.15, -0.1) is 0 Å². The largest absolute Gasteiger partial charge is 0.371 e. The van der Waals surface area contributed by atoms with Crippen molar-refractivity contribution in [3.63, 3.8) is 0 Å². The fourth-order valence-electron chi connectivity index (χ4n) is 3.26. The number of benzene rings is 2. The highest BCUT2D eigenvalue weighted by Gasteiger charge is 2.22. The summed E-state index contributed by atoms with van der Waals surface area (Å²) in [4.78, 5) is 7.15. The molecule has 1 fully saturated rings. The van der Waals surface area contributed by atoms with Gasteiger partial charge in [0.15, 0.2) is 5.96 Å². The summed E-state index contributed by atoms with van der Waals surface area (Å²) in [5.41, 5.74) is 2.43. The Morgan fingerprint density at radius 2 is 2.00 bits per heavy atom. The van der Waals surface area contributed by atoms with Gasteiger partial charge in [0.2, 0.25) is 0 Å². The minimum Gasteiger partial charge on any atom is -0.371 e. The van der Waals surface area contributed by atoms with Crippen LogP contribution in [0.5, 0.6) is 0 Å². The quantitative estimate of drug-likeness (QED) is 0.598. The lowest BCUT2D eigenvalue weighted by atomic mass is 10.1. The highest BCUT2D eigenvalue weighted by Crippen LogP contribution is 2.22. The van der Waals surface area contributed by atoms with Crippen molar-refractivity contribution in [3.8, 4) is 0 Å². The summed E-state index contributed by atoms with van der Waals surface area (Å²) < 4.78 is 0. The van der Waals surface area contributed by atoms with Gasteiger partial charge in [-0.05, 0) is 49.1 Å². The number of rotatable bonds is 6. The predicted octanol–water partition coefficient (Wildman–Crippen LogP) is 3.92. The van der Waals surface area contributed by atoms with E-state index in [0.29, 0.717) is 12.5 Å². The van der Waals surface area contributed by atoms with Crippen molar-refractivity contribution in [2.24, 2.45) is 10.9 Å². The molecule has 1 aliphatic rings. The van der Waals surface area contributed by atoms with Gasteiger partial charge in [0.05, 0.1) is 6.54 Å². The number of nitrogens with zero attached hydrogens (tertiary/aromatic N) is 2. The van der Waals surface area contributed by atoms with E-state index in [1.807, 2.05) is 24.3 Å². The van der Waals surface area contributed by atoms with Crippen LogP contribution in [0.15, 0.2) is 59.6 Å². The van der Waals surface area contributed by atoms with E-state index >= 15 is 0 Å². The maximum absolute atomic E-state index is 6.05. The second kappa shape index (κ2) is 9.48. The zero-order chi connectivity index (χ0) is 18.2. The van der Waals surface area contributed by atoms with Crippen molar-refractivity contribution in [2.45, 2.75) is 19.9 Å². The predicted molar refractivity (Wildman–Crippen MR) is 111 cm³/mol. The van der Waals surface area contributed by atoms with Crippen molar-refractivity contribution in [1.29, 1.82) is 0 Å². The van der Waals surface area contributed by atoms with Gasteiger partial charge in [-0.1, -0.05) is 41.9 Å². The molecular formula is C21H27ClN4. The van der Waals surface area contributed by atoms with Gasteiger partial charge in [0.25, 0.3) is 0 Å². The number of halogens is 1. The second-order valence-electron chi connectivity index (χ2n) is 6.64. The Hall–Kier alpha value is -2.20. The van der Waals surface area contributed by atoms with Gasteiger partial charge in [-0.25, -0.2) is 4.99 Å². The smallest absolute Gasteiger partial charge is 0.191 e. The topological polar surface area (TPSA) is 39.7 Å². The van der Waals surface area contributed by atoms with E-state index in [-0.39, 0.29) is 0 Å². The summed E-state index contributed by atoms with van der Waals surface area (Å²) in [7, 11) is 0. The fourth-order valence-corrected chi connectivity index (χ4v) is 3.47. The van der Waals surface area contributed by atoms with Crippen molar-refractivity contribution < 1.29 is 0 Å². The van der Waals surface area contributed by atoms with Gasteiger partial charge < -0.3 is 15.5 Å². The van der Waals surface area contributed by atoms with E-state index < -0.39 is 0 Å². The molecule has 0 aliphatic carbocycles. The zero-order valence-corrected chi connectivity index (χ0v) is 16.0. The van der Waals surface area contributed by atoms with E-state index in [9.17, 15) is 0 Å². The summed E-state index contributed by atoms with van der Waals surface area (Å²) >= 11 is 6.05. The second-order valence-corrected chi connectivity index (χ2v) is 7.08. The van der Waals surface area contributed by atoms with Crippen molar-refractivity contribution in [2.75, 3.05) is 31.1 Å². The number of nitrogens with one attached hydrogen (secondary N) is 2. The van der Waals surface area contributed by atoms with Gasteiger partial charge in [-0.3, -0.25) is 0 Å². The van der Waals surface area contributed by atoms with Crippen molar-refractivity contribution in [1.82, 2.24) is 10.6 Å². The van der Waals surface area contributed by atoms with Crippen molar-refractivity contribution in [3.05, 3.63) is 65.2 Å². The molecule has 0 aromatic heterocycles. The lowest BCUT2D eigenvalue weighted by Crippen LogP contribution is -2.40. The molecule has 2 aromatic carbocycles. The lowest BCUT2D eigenvalue weighted by Gasteiger charge is -2.19. The Bertz CT molecular complexity index is 717. The molecule has 0 bridgehead atoms. The van der Waals surface area contributed by atoms with E-state index in [4.69, 9.17) is 11.6 Å². The number of hydrogen-bond donors (Lipinski definition) is 2. The van der Waals surface area contributed by atoms with Crippen LogP contribution in [0, 0.1) is 5.92 Å². The van der Waals surface area contributed by atoms with E-state index in [1.54, 1.807) is 0 Å². The third kappa shape index (κ3) is 5.40. The highest BCUT2D eigenvalue weighted by atomic mass is 35.5. The molecule has 1 aliphatic heterocycles. The minimum absolute atomic E-state index is 0.622. The normalized spacial score (nSPS) is 17.4. The van der Waals surface area contributed by atoms with Gasteiger partial charge >= 0.3 is 0 Å². The molecule has 4 nitrogen and oxygen atoms in total. The molecule has 3 rings (SSSR count). The van der Waals surface area contributed by atoms with E-state index in [0.717, 1.165) is 42.7 Å². The summed E-state index contributed by atoms with van der Waals surface area (Å²) in [6.07, 6.45) is 1.20. The van der Waals surface area contributed by atoms with Gasteiger partial charge in [-0.2, -0.15) is 0 Å². The van der Waals surface area contributed by atoms with Crippen LogP contribution >= 0.6 is 11.6 Å². The molecule has 1 saturated heterocycles. The number of para-hydroxylation sites is 1. The van der Waals surface area contributed by atoms with Gasteiger partial charge in [0.1, 0.15) is 0 Å². The minimum atomic E-state index is 0.622. The Kier molecular flexibility index (Phi) is 6.78. The molecule has 26 heavy (non-hydrogen) atoms. The van der Waals surface area contributed by atoms with Crippen LogP contribution in [-0.2, 0) is 6.54 Å². The van der Waals surface area contributed by atoms with Crippen molar-refractivity contribution >= 4 is 23.2 Å². The first-order valence-corrected chi connectivity index (χ1v) is 9.69. The molecule has 1 unspecified atom stereocenters. The van der Waals surface area contributed by atoms with Crippen LogP contribution in [-0.4, -0.2) is 32.1 Å². The average molecular weight is 371 g/mol. The van der Waals surface area contributed by atoms with Crippen LogP contribution in [0.1, 0.15) is 18.9 Å². The Balaban J connectivity index is 1.51. The maximum Gasteiger partial charge on any atom is 0.191 e. The first-order chi connectivity index (χ1) is 12.7. The molecule has 1 heterocycles. The zero-order valence-electron chi connectivity index (χ0n) is 15.3. The number of anilines is 1.